The lowest BCUT2D eigenvalue weighted by Gasteiger charge is -1.93. The van der Waals surface area contributed by atoms with Gasteiger partial charge >= 0.3 is 5.97 Å². The Balaban J connectivity index is 0.000000364. The Morgan fingerprint density at radius 1 is 1.36 bits per heavy atom. The molecule has 14 heavy (non-hydrogen) atoms. The van der Waals surface area contributed by atoms with E-state index in [-0.39, 0.29) is 0 Å². The fraction of sp³-hybridized carbons (Fsp3) is 0.200. The molecule has 1 aromatic rings. The number of carbonyl (C=O) groups excluding carboxylic acids is 1. The minimum atomic E-state index is -1.08. The molecule has 0 spiro atoms. The van der Waals surface area contributed by atoms with E-state index in [4.69, 9.17) is 15.0 Å². The van der Waals surface area contributed by atoms with Crippen molar-refractivity contribution < 1.29 is 19.8 Å². The van der Waals surface area contributed by atoms with Gasteiger partial charge in [-0.25, -0.2) is 4.79 Å². The van der Waals surface area contributed by atoms with Crippen LogP contribution >= 0.6 is 0 Å². The summed E-state index contributed by atoms with van der Waals surface area (Å²) >= 11 is 0. The highest BCUT2D eigenvalue weighted by Gasteiger charge is 1.99. The Bertz CT molecular complexity index is 327. The summed E-state index contributed by atoms with van der Waals surface area (Å²) in [6, 6.07) is 6.82. The zero-order chi connectivity index (χ0) is 11.1. The van der Waals surface area contributed by atoms with Crippen molar-refractivity contribution in [2.45, 2.75) is 13.8 Å². The lowest BCUT2D eigenvalue weighted by molar-refractivity contribution is -0.302. The van der Waals surface area contributed by atoms with Crippen LogP contribution < -0.4 is 5.11 Å². The van der Waals surface area contributed by atoms with E-state index >= 15 is 0 Å². The molecule has 4 heteroatoms. The Morgan fingerprint density at radius 2 is 1.86 bits per heavy atom. The Labute approximate surface area is 81.8 Å². The molecule has 0 aliphatic rings. The molecule has 0 aliphatic carbocycles. The maximum absolute atomic E-state index is 10.4. The van der Waals surface area contributed by atoms with E-state index in [0.29, 0.717) is 5.56 Å². The number of carboxylic acids is 2. The highest BCUT2D eigenvalue weighted by Crippen LogP contribution is 2.02. The van der Waals surface area contributed by atoms with E-state index in [0.717, 1.165) is 12.5 Å². The second kappa shape index (κ2) is 5.75. The second-order valence-electron chi connectivity index (χ2n) is 2.67. The number of aliphatic carboxylic acids is 1. The summed E-state index contributed by atoms with van der Waals surface area (Å²) in [5.74, 6) is -1.95. The largest absolute Gasteiger partial charge is 0.550 e. The van der Waals surface area contributed by atoms with Gasteiger partial charge in [0.05, 0.1) is 5.56 Å². The molecule has 0 fully saturated rings. The lowest BCUT2D eigenvalue weighted by Crippen LogP contribution is -2.16. The molecular formula is C10H11O4-. The van der Waals surface area contributed by atoms with Crippen molar-refractivity contribution >= 4 is 11.9 Å². The number of aryl methyl sites for hydroxylation is 1. The highest BCUT2D eigenvalue weighted by molar-refractivity contribution is 5.87. The van der Waals surface area contributed by atoms with Crippen molar-refractivity contribution in [2.24, 2.45) is 0 Å². The smallest absolute Gasteiger partial charge is 0.335 e. The number of hydrogen-bond donors (Lipinski definition) is 1. The molecule has 0 amide bonds. The van der Waals surface area contributed by atoms with Gasteiger partial charge in [-0.3, -0.25) is 0 Å². The Kier molecular flexibility index (Phi) is 4.99. The molecule has 0 radical (unpaired) electrons. The fourth-order valence-corrected chi connectivity index (χ4v) is 0.778. The molecular weight excluding hydrogens is 184 g/mol. The monoisotopic (exact) mass is 195 g/mol. The van der Waals surface area contributed by atoms with Crippen molar-refractivity contribution in [2.75, 3.05) is 0 Å². The summed E-state index contributed by atoms with van der Waals surface area (Å²) in [6.07, 6.45) is 0. The Hall–Kier alpha value is -1.84. The highest BCUT2D eigenvalue weighted by atomic mass is 16.4. The van der Waals surface area contributed by atoms with Crippen LogP contribution in [-0.2, 0) is 4.79 Å². The molecule has 0 saturated heterocycles. The number of aromatic carboxylic acids is 1. The van der Waals surface area contributed by atoms with E-state index in [1.54, 1.807) is 18.2 Å². The molecule has 0 heterocycles. The third-order valence-electron chi connectivity index (χ3n) is 1.27. The SMILES string of the molecule is CC(=O)[O-].Cc1cccc(C(=O)O)c1. The molecule has 0 aromatic heterocycles. The van der Waals surface area contributed by atoms with Gasteiger partial charge in [-0.2, -0.15) is 0 Å². The predicted molar refractivity (Wildman–Crippen MR) is 48.8 cm³/mol. The van der Waals surface area contributed by atoms with E-state index in [2.05, 4.69) is 0 Å². The first kappa shape index (κ1) is 12.2. The maximum Gasteiger partial charge on any atom is 0.335 e. The van der Waals surface area contributed by atoms with Gasteiger partial charge in [-0.1, -0.05) is 17.7 Å². The summed E-state index contributed by atoms with van der Waals surface area (Å²) in [5.41, 5.74) is 1.32. The zero-order valence-corrected chi connectivity index (χ0v) is 7.98. The molecule has 0 bridgehead atoms. The standard InChI is InChI=1S/C8H8O2.C2H4O2/c1-6-3-2-4-7(5-6)8(9)10;1-2(3)4/h2-5H,1H3,(H,9,10);1H3,(H,3,4)/p-1. The molecule has 1 N–H and O–H groups in total. The number of benzene rings is 1. The van der Waals surface area contributed by atoms with Crippen molar-refractivity contribution in [3.8, 4) is 0 Å². The van der Waals surface area contributed by atoms with Crippen LogP contribution in [0, 0.1) is 6.92 Å². The number of rotatable bonds is 1. The molecule has 76 valence electrons. The first-order valence-corrected chi connectivity index (χ1v) is 3.91. The van der Waals surface area contributed by atoms with Gasteiger partial charge in [-0.15, -0.1) is 0 Å². The third kappa shape index (κ3) is 5.77. The maximum atomic E-state index is 10.4. The molecule has 0 unspecified atom stereocenters. The van der Waals surface area contributed by atoms with Crippen LogP contribution in [0.25, 0.3) is 0 Å². The molecule has 4 nitrogen and oxygen atoms in total. The number of carboxylic acid groups (broad SMARTS) is 2. The van der Waals surface area contributed by atoms with Gasteiger partial charge in [0.15, 0.2) is 0 Å². The van der Waals surface area contributed by atoms with Crippen molar-refractivity contribution in [3.63, 3.8) is 0 Å². The second-order valence-corrected chi connectivity index (χ2v) is 2.67. The van der Waals surface area contributed by atoms with E-state index in [9.17, 15) is 4.79 Å². The summed E-state index contributed by atoms with van der Waals surface area (Å²) in [5, 5.41) is 17.4. The van der Waals surface area contributed by atoms with Crippen LogP contribution in [0.2, 0.25) is 0 Å². The summed E-state index contributed by atoms with van der Waals surface area (Å²) in [7, 11) is 0. The molecule has 1 rings (SSSR count). The van der Waals surface area contributed by atoms with Crippen molar-refractivity contribution in [3.05, 3.63) is 35.4 Å². The van der Waals surface area contributed by atoms with Crippen LogP contribution in [0.15, 0.2) is 24.3 Å². The fourth-order valence-electron chi connectivity index (χ4n) is 0.778. The van der Waals surface area contributed by atoms with E-state index in [1.807, 2.05) is 13.0 Å². The van der Waals surface area contributed by atoms with Gasteiger partial charge in [0, 0.05) is 5.97 Å². The average Bonchev–Trinajstić information content (AvgIpc) is 2.03. The average molecular weight is 195 g/mol. The molecule has 0 aliphatic heterocycles. The van der Waals surface area contributed by atoms with Gasteiger partial charge in [0.25, 0.3) is 0 Å². The summed E-state index contributed by atoms with van der Waals surface area (Å²) in [6.45, 7) is 2.84. The van der Waals surface area contributed by atoms with Crippen LogP contribution in [0.3, 0.4) is 0 Å². The van der Waals surface area contributed by atoms with E-state index in [1.165, 1.54) is 0 Å². The van der Waals surface area contributed by atoms with Crippen LogP contribution in [0.4, 0.5) is 0 Å². The van der Waals surface area contributed by atoms with Gasteiger partial charge in [0.1, 0.15) is 0 Å². The normalized spacial score (nSPS) is 8.43. The summed E-state index contributed by atoms with van der Waals surface area (Å²) in [4.78, 5) is 19.2. The summed E-state index contributed by atoms with van der Waals surface area (Å²) < 4.78 is 0. The van der Waals surface area contributed by atoms with Crippen LogP contribution in [0.5, 0.6) is 0 Å². The van der Waals surface area contributed by atoms with Gasteiger partial charge in [-0.05, 0) is 26.0 Å². The van der Waals surface area contributed by atoms with Gasteiger partial charge < -0.3 is 15.0 Å². The minimum Gasteiger partial charge on any atom is -0.550 e. The first-order chi connectivity index (χ1) is 6.43. The molecule has 1 aromatic carbocycles. The third-order valence-corrected chi connectivity index (χ3v) is 1.27. The first-order valence-electron chi connectivity index (χ1n) is 3.91. The molecule has 0 atom stereocenters. The Morgan fingerprint density at radius 3 is 2.14 bits per heavy atom. The molecule has 0 saturated carbocycles. The van der Waals surface area contributed by atoms with Crippen molar-refractivity contribution in [1.29, 1.82) is 0 Å². The minimum absolute atomic E-state index is 0.347. The quantitative estimate of drug-likeness (QED) is 0.705. The number of carbonyl (C=O) groups is 2. The van der Waals surface area contributed by atoms with Crippen molar-refractivity contribution in [1.82, 2.24) is 0 Å². The van der Waals surface area contributed by atoms with Crippen LogP contribution in [-0.4, -0.2) is 17.0 Å². The lowest BCUT2D eigenvalue weighted by atomic mass is 10.1. The predicted octanol–water partition coefficient (Wildman–Crippen LogP) is 0.449. The number of hydrogen-bond acceptors (Lipinski definition) is 3. The zero-order valence-electron chi connectivity index (χ0n) is 7.98. The van der Waals surface area contributed by atoms with Gasteiger partial charge in [0.2, 0.25) is 0 Å². The van der Waals surface area contributed by atoms with Crippen LogP contribution in [0.1, 0.15) is 22.8 Å². The van der Waals surface area contributed by atoms with E-state index < -0.39 is 11.9 Å². The topological polar surface area (TPSA) is 77.4 Å².